The standard InChI is InChI=1S/C25H20F2N6O5S/c1-14-4-5-16(11-20(14)34)39(36,37)15-6-7-21(38-25(26)27)17(10-15)22-19(13-32(2)31-22)30-24(35)18-12-29-33-9-3-8-28-23(18)33/h3-14,25H,1-2H3,(H,30,35). The summed E-state index contributed by atoms with van der Waals surface area (Å²) in [5.41, 5.74) is 0.368. The van der Waals surface area contributed by atoms with E-state index in [0.29, 0.717) is 0 Å². The largest absolute Gasteiger partial charge is 0.434 e. The Bertz CT molecular complexity index is 1790. The summed E-state index contributed by atoms with van der Waals surface area (Å²) in [6, 6.07) is 4.92. The van der Waals surface area contributed by atoms with E-state index >= 15 is 0 Å². The molecule has 0 fully saturated rings. The van der Waals surface area contributed by atoms with Gasteiger partial charge in [0.15, 0.2) is 11.4 Å². The molecule has 0 saturated carbocycles. The third kappa shape index (κ3) is 4.93. The summed E-state index contributed by atoms with van der Waals surface area (Å²) < 4.78 is 60.6. The highest BCUT2D eigenvalue weighted by Gasteiger charge is 2.27. The Morgan fingerprint density at radius 2 is 2.05 bits per heavy atom. The molecule has 1 N–H and O–H groups in total. The van der Waals surface area contributed by atoms with Crippen LogP contribution >= 0.6 is 0 Å². The van der Waals surface area contributed by atoms with Crippen molar-refractivity contribution in [3.05, 3.63) is 77.7 Å². The number of amides is 1. The molecule has 0 bridgehead atoms. The van der Waals surface area contributed by atoms with E-state index in [-0.39, 0.29) is 49.5 Å². The van der Waals surface area contributed by atoms with E-state index in [1.54, 1.807) is 19.2 Å². The molecule has 1 aliphatic carbocycles. The van der Waals surface area contributed by atoms with Gasteiger partial charge in [0.25, 0.3) is 5.91 Å². The molecule has 3 heterocycles. The lowest BCUT2D eigenvalue weighted by Crippen LogP contribution is -2.14. The number of hydrogen-bond acceptors (Lipinski definition) is 8. The maximum absolute atomic E-state index is 13.3. The van der Waals surface area contributed by atoms with Crippen molar-refractivity contribution >= 4 is 32.9 Å². The maximum Gasteiger partial charge on any atom is 0.387 e. The zero-order valence-corrected chi connectivity index (χ0v) is 21.3. The first-order chi connectivity index (χ1) is 18.5. The average molecular weight is 555 g/mol. The van der Waals surface area contributed by atoms with Crippen LogP contribution in [0.25, 0.3) is 16.9 Å². The lowest BCUT2D eigenvalue weighted by atomic mass is 10.0. The second-order valence-corrected chi connectivity index (χ2v) is 10.6. The van der Waals surface area contributed by atoms with Gasteiger partial charge in [-0.2, -0.15) is 19.0 Å². The number of aromatic nitrogens is 5. The van der Waals surface area contributed by atoms with Crippen LogP contribution < -0.4 is 10.1 Å². The third-order valence-electron chi connectivity index (χ3n) is 5.93. The summed E-state index contributed by atoms with van der Waals surface area (Å²) >= 11 is 0. The van der Waals surface area contributed by atoms with Crippen molar-refractivity contribution in [2.75, 3.05) is 5.32 Å². The Kier molecular flexibility index (Phi) is 6.56. The highest BCUT2D eigenvalue weighted by Crippen LogP contribution is 2.38. The number of aryl methyl sites for hydroxylation is 1. The van der Waals surface area contributed by atoms with Gasteiger partial charge in [0, 0.05) is 43.2 Å². The lowest BCUT2D eigenvalue weighted by Gasteiger charge is -2.15. The predicted octanol–water partition coefficient (Wildman–Crippen LogP) is 3.42. The lowest BCUT2D eigenvalue weighted by molar-refractivity contribution is -0.116. The average Bonchev–Trinajstić information content (AvgIpc) is 3.48. The van der Waals surface area contributed by atoms with Crippen molar-refractivity contribution in [1.82, 2.24) is 24.4 Å². The van der Waals surface area contributed by atoms with Crippen molar-refractivity contribution in [3.8, 4) is 17.0 Å². The Morgan fingerprint density at radius 1 is 1.26 bits per heavy atom. The normalized spacial score (nSPS) is 15.6. The quantitative estimate of drug-likeness (QED) is 0.367. The number of carbonyl (C=O) groups excluding carboxylic acids is 2. The van der Waals surface area contributed by atoms with Crippen LogP contribution in [0.15, 0.2) is 77.1 Å². The number of nitrogens with one attached hydrogen (secondary N) is 1. The van der Waals surface area contributed by atoms with Crippen molar-refractivity contribution < 1.29 is 31.5 Å². The first kappa shape index (κ1) is 25.9. The fourth-order valence-corrected chi connectivity index (χ4v) is 5.29. The third-order valence-corrected chi connectivity index (χ3v) is 7.68. The van der Waals surface area contributed by atoms with E-state index in [4.69, 9.17) is 0 Å². The number of anilines is 1. The minimum atomic E-state index is -4.21. The number of fused-ring (bicyclic) bond motifs is 1. The summed E-state index contributed by atoms with van der Waals surface area (Å²) in [5.74, 6) is -1.83. The van der Waals surface area contributed by atoms with Gasteiger partial charge < -0.3 is 10.1 Å². The van der Waals surface area contributed by atoms with Crippen LogP contribution in [-0.4, -0.2) is 51.1 Å². The molecule has 3 aromatic heterocycles. The molecule has 0 aliphatic heterocycles. The highest BCUT2D eigenvalue weighted by atomic mass is 32.2. The molecule has 5 rings (SSSR count). The molecule has 1 unspecified atom stereocenters. The fourth-order valence-electron chi connectivity index (χ4n) is 3.97. The topological polar surface area (TPSA) is 138 Å². The first-order valence-electron chi connectivity index (χ1n) is 11.5. The zero-order valence-electron chi connectivity index (χ0n) is 20.4. The summed E-state index contributed by atoms with van der Waals surface area (Å²) in [7, 11) is -2.68. The molecule has 200 valence electrons. The maximum atomic E-state index is 13.3. The van der Waals surface area contributed by atoms with Crippen LogP contribution in [0.1, 0.15) is 17.3 Å². The minimum Gasteiger partial charge on any atom is -0.434 e. The molecular formula is C25H20F2N6O5S. The number of sulfone groups is 1. The molecule has 39 heavy (non-hydrogen) atoms. The molecule has 1 aliphatic rings. The number of hydrogen-bond donors (Lipinski definition) is 1. The molecule has 11 nitrogen and oxygen atoms in total. The monoisotopic (exact) mass is 554 g/mol. The number of ketones is 1. The number of rotatable bonds is 7. The van der Waals surface area contributed by atoms with Gasteiger partial charge in [0.2, 0.25) is 9.84 Å². The van der Waals surface area contributed by atoms with Crippen LogP contribution in [0.4, 0.5) is 14.5 Å². The first-order valence-corrected chi connectivity index (χ1v) is 12.9. The number of nitrogens with zero attached hydrogens (tertiary/aromatic N) is 5. The van der Waals surface area contributed by atoms with Crippen molar-refractivity contribution in [1.29, 1.82) is 0 Å². The van der Waals surface area contributed by atoms with E-state index in [2.05, 4.69) is 25.2 Å². The number of ether oxygens (including phenoxy) is 1. The Morgan fingerprint density at radius 3 is 2.79 bits per heavy atom. The second-order valence-electron chi connectivity index (χ2n) is 8.60. The molecule has 0 radical (unpaired) electrons. The van der Waals surface area contributed by atoms with Gasteiger partial charge in [0.1, 0.15) is 17.0 Å². The molecule has 1 amide bonds. The smallest absolute Gasteiger partial charge is 0.387 e. The Hall–Kier alpha value is -4.72. The van der Waals surface area contributed by atoms with E-state index in [9.17, 15) is 26.8 Å². The van der Waals surface area contributed by atoms with Crippen LogP contribution in [0, 0.1) is 5.92 Å². The van der Waals surface area contributed by atoms with E-state index in [0.717, 1.165) is 24.3 Å². The van der Waals surface area contributed by atoms with Gasteiger partial charge in [-0.15, -0.1) is 0 Å². The van der Waals surface area contributed by atoms with Crippen LogP contribution in [0.3, 0.4) is 0 Å². The Balaban J connectivity index is 1.58. The number of halogens is 2. The molecule has 1 atom stereocenters. The minimum absolute atomic E-state index is 0.0270. The number of carbonyl (C=O) groups is 2. The SMILES string of the molecule is CC1C=CC(S(=O)(=O)c2ccc(OC(F)F)c(-c3nn(C)cc3NC(=O)c3cnn4cccnc34)c2)=CC1=O. The van der Waals surface area contributed by atoms with Gasteiger partial charge in [-0.05, 0) is 30.3 Å². The molecule has 1 aromatic carbocycles. The summed E-state index contributed by atoms with van der Waals surface area (Å²) in [6.07, 6.45) is 9.66. The predicted molar refractivity (Wildman–Crippen MR) is 135 cm³/mol. The van der Waals surface area contributed by atoms with Crippen LogP contribution in [-0.2, 0) is 21.7 Å². The molecule has 14 heteroatoms. The molecule has 0 spiro atoms. The van der Waals surface area contributed by atoms with Gasteiger partial charge in [-0.25, -0.2) is 17.9 Å². The number of benzene rings is 1. The van der Waals surface area contributed by atoms with Crippen molar-refractivity contribution in [3.63, 3.8) is 0 Å². The van der Waals surface area contributed by atoms with Gasteiger partial charge >= 0.3 is 6.61 Å². The van der Waals surface area contributed by atoms with Crippen molar-refractivity contribution in [2.24, 2.45) is 13.0 Å². The van der Waals surface area contributed by atoms with E-state index in [1.165, 1.54) is 47.0 Å². The molecule has 4 aromatic rings. The van der Waals surface area contributed by atoms with E-state index < -0.39 is 28.3 Å². The number of allylic oxidation sites excluding steroid dienone is 3. The van der Waals surface area contributed by atoms with Gasteiger partial charge in [-0.1, -0.05) is 13.0 Å². The Labute approximate surface area is 220 Å². The van der Waals surface area contributed by atoms with Crippen molar-refractivity contribution in [2.45, 2.75) is 18.4 Å². The summed E-state index contributed by atoms with van der Waals surface area (Å²) in [6.45, 7) is -1.59. The van der Waals surface area contributed by atoms with Gasteiger partial charge in [0.05, 0.1) is 21.7 Å². The summed E-state index contributed by atoms with van der Waals surface area (Å²) in [5, 5.41) is 11.0. The molecular weight excluding hydrogens is 534 g/mol. The van der Waals surface area contributed by atoms with Gasteiger partial charge in [-0.3, -0.25) is 14.3 Å². The van der Waals surface area contributed by atoms with E-state index in [1.807, 2.05) is 0 Å². The second kappa shape index (κ2) is 9.87. The van der Waals surface area contributed by atoms with Crippen LogP contribution in [0.5, 0.6) is 5.75 Å². The summed E-state index contributed by atoms with van der Waals surface area (Å²) in [4.78, 5) is 28.8. The fraction of sp³-hybridized carbons (Fsp3) is 0.160. The highest BCUT2D eigenvalue weighted by molar-refractivity contribution is 7.95. The zero-order chi connectivity index (χ0) is 27.9. The molecule has 0 saturated heterocycles. The van der Waals surface area contributed by atoms with Crippen LogP contribution in [0.2, 0.25) is 0 Å². The number of alkyl halides is 2.